The molecule has 1 aromatic carbocycles. The van der Waals surface area contributed by atoms with Gasteiger partial charge < -0.3 is 4.74 Å². The summed E-state index contributed by atoms with van der Waals surface area (Å²) >= 11 is 11.8. The normalized spacial score (nSPS) is 11.2. The number of rotatable bonds is 4. The average Bonchev–Trinajstić information content (AvgIpc) is 2.97. The quantitative estimate of drug-likeness (QED) is 0.479. The van der Waals surface area contributed by atoms with E-state index < -0.39 is 11.6 Å². The number of aryl methyl sites for hydroxylation is 1. The fraction of sp³-hybridized carbons (Fsp3) is 0.111. The van der Waals surface area contributed by atoms with Gasteiger partial charge in [-0.15, -0.1) is 0 Å². The molecule has 142 valence electrons. The lowest BCUT2D eigenvalue weighted by Gasteiger charge is -2.09. The van der Waals surface area contributed by atoms with Crippen LogP contribution in [0.1, 0.15) is 11.3 Å². The summed E-state index contributed by atoms with van der Waals surface area (Å²) in [7, 11) is 0. The minimum absolute atomic E-state index is 0.0493. The van der Waals surface area contributed by atoms with E-state index in [-0.39, 0.29) is 28.6 Å². The van der Waals surface area contributed by atoms with Crippen LogP contribution in [0.25, 0.3) is 17.2 Å². The highest BCUT2D eigenvalue weighted by atomic mass is 35.5. The zero-order chi connectivity index (χ0) is 19.8. The van der Waals surface area contributed by atoms with E-state index in [9.17, 15) is 8.78 Å². The minimum atomic E-state index is -0.679. The van der Waals surface area contributed by atoms with Gasteiger partial charge in [-0.1, -0.05) is 6.07 Å². The highest BCUT2D eigenvalue weighted by molar-refractivity contribution is 6.31. The molecule has 0 fully saturated rings. The maximum Gasteiger partial charge on any atom is 0.227 e. The minimum Gasteiger partial charge on any atom is -0.485 e. The number of fused-ring (bicyclic) bond motifs is 1. The van der Waals surface area contributed by atoms with Crippen molar-refractivity contribution in [2.45, 2.75) is 13.5 Å². The molecule has 4 aromatic rings. The van der Waals surface area contributed by atoms with Gasteiger partial charge in [0.1, 0.15) is 23.9 Å². The molecule has 3 aromatic heterocycles. The lowest BCUT2D eigenvalue weighted by molar-refractivity contribution is 0.294. The predicted octanol–water partition coefficient (Wildman–Crippen LogP) is 4.66. The number of imidazole rings is 1. The summed E-state index contributed by atoms with van der Waals surface area (Å²) in [4.78, 5) is 16.4. The second-order valence-corrected chi connectivity index (χ2v) is 6.47. The molecule has 4 rings (SSSR count). The molecule has 0 bridgehead atoms. The van der Waals surface area contributed by atoms with Crippen LogP contribution in [0, 0.1) is 18.6 Å². The highest BCUT2D eigenvalue weighted by Gasteiger charge is 2.18. The van der Waals surface area contributed by atoms with Gasteiger partial charge in [0.25, 0.3) is 0 Å². The molecule has 3 heterocycles. The summed E-state index contributed by atoms with van der Waals surface area (Å²) in [5, 5.41) is -0.0986. The van der Waals surface area contributed by atoms with E-state index in [1.54, 1.807) is 29.7 Å². The molecule has 0 amide bonds. The van der Waals surface area contributed by atoms with Gasteiger partial charge in [-0.3, -0.25) is 4.40 Å². The Labute approximate surface area is 167 Å². The molecular weight excluding hydrogens is 411 g/mol. The van der Waals surface area contributed by atoms with Gasteiger partial charge in [-0.05, 0) is 54.4 Å². The summed E-state index contributed by atoms with van der Waals surface area (Å²) in [6.07, 6.45) is 1.73. The van der Waals surface area contributed by atoms with Crippen molar-refractivity contribution >= 4 is 28.8 Å². The Kier molecular flexibility index (Phi) is 4.82. The first-order valence-electron chi connectivity index (χ1n) is 8.05. The molecule has 0 spiro atoms. The van der Waals surface area contributed by atoms with Gasteiger partial charge in [0.15, 0.2) is 17.2 Å². The van der Waals surface area contributed by atoms with Crippen LogP contribution in [0.3, 0.4) is 0 Å². The van der Waals surface area contributed by atoms with Crippen LogP contribution >= 0.6 is 23.2 Å². The summed E-state index contributed by atoms with van der Waals surface area (Å²) in [5.74, 6) is -0.777. The number of aromatic nitrogens is 5. The monoisotopic (exact) mass is 421 g/mol. The second-order valence-electron chi connectivity index (χ2n) is 5.80. The van der Waals surface area contributed by atoms with Crippen LogP contribution in [0.4, 0.5) is 8.78 Å². The third-order valence-corrected chi connectivity index (χ3v) is 4.35. The van der Waals surface area contributed by atoms with Gasteiger partial charge in [0, 0.05) is 6.20 Å². The Balaban J connectivity index is 1.76. The molecule has 0 unspecified atom stereocenters. The molecule has 0 saturated heterocycles. The van der Waals surface area contributed by atoms with Crippen molar-refractivity contribution in [3.63, 3.8) is 0 Å². The van der Waals surface area contributed by atoms with E-state index in [2.05, 4.69) is 19.9 Å². The molecule has 6 nitrogen and oxygen atoms in total. The van der Waals surface area contributed by atoms with Gasteiger partial charge in [0.05, 0.1) is 11.3 Å². The number of benzene rings is 1. The lowest BCUT2D eigenvalue weighted by Crippen LogP contribution is -2.03. The first-order valence-corrected chi connectivity index (χ1v) is 8.80. The van der Waals surface area contributed by atoms with E-state index in [1.165, 1.54) is 18.2 Å². The zero-order valence-corrected chi connectivity index (χ0v) is 15.8. The van der Waals surface area contributed by atoms with Gasteiger partial charge in [-0.2, -0.15) is 15.0 Å². The average molecular weight is 422 g/mol. The van der Waals surface area contributed by atoms with E-state index in [4.69, 9.17) is 27.9 Å². The van der Waals surface area contributed by atoms with Gasteiger partial charge in [0.2, 0.25) is 10.6 Å². The molecule has 0 aliphatic carbocycles. The summed E-state index contributed by atoms with van der Waals surface area (Å²) in [6, 6.07) is 7.00. The molecule has 28 heavy (non-hydrogen) atoms. The molecule has 0 atom stereocenters. The fourth-order valence-electron chi connectivity index (χ4n) is 2.79. The standard InChI is InChI=1S/C18H11Cl2F2N5O/c1-9-14(15-24-17(19)26-18(20)25-15)27-7-3-6-13(16(27)23-9)28-8-10-11(21)4-2-5-12(10)22/h2-7H,8H2,1H3. The number of nitrogens with zero attached hydrogens (tertiary/aromatic N) is 5. The van der Waals surface area contributed by atoms with Crippen LogP contribution < -0.4 is 4.74 Å². The SMILES string of the molecule is Cc1nc2c(OCc3c(F)cccc3F)cccn2c1-c1nc(Cl)nc(Cl)n1. The van der Waals surface area contributed by atoms with Crippen molar-refractivity contribution < 1.29 is 13.5 Å². The number of halogens is 4. The van der Waals surface area contributed by atoms with Crippen LogP contribution in [0.5, 0.6) is 5.75 Å². The number of pyridine rings is 1. The van der Waals surface area contributed by atoms with Crippen LogP contribution in [0.2, 0.25) is 10.6 Å². The zero-order valence-electron chi connectivity index (χ0n) is 14.3. The van der Waals surface area contributed by atoms with E-state index >= 15 is 0 Å². The molecule has 0 aliphatic heterocycles. The Bertz CT molecular complexity index is 1160. The van der Waals surface area contributed by atoms with Gasteiger partial charge in [-0.25, -0.2) is 13.8 Å². The van der Waals surface area contributed by atoms with Crippen molar-refractivity contribution in [3.8, 4) is 17.3 Å². The van der Waals surface area contributed by atoms with E-state index in [1.807, 2.05) is 0 Å². The number of hydrogen-bond donors (Lipinski definition) is 0. The Morgan fingerprint density at radius 1 is 0.964 bits per heavy atom. The third kappa shape index (κ3) is 3.36. The van der Waals surface area contributed by atoms with E-state index in [0.29, 0.717) is 22.8 Å². The molecule has 0 aliphatic rings. The topological polar surface area (TPSA) is 65.2 Å². The number of ether oxygens (including phenoxy) is 1. The van der Waals surface area contributed by atoms with Crippen LogP contribution in [-0.2, 0) is 6.61 Å². The first-order chi connectivity index (χ1) is 13.4. The Hall–Kier alpha value is -2.84. The third-order valence-electron chi connectivity index (χ3n) is 4.01. The van der Waals surface area contributed by atoms with Crippen molar-refractivity contribution in [3.05, 3.63) is 70.0 Å². The first kappa shape index (κ1) is 18.5. The smallest absolute Gasteiger partial charge is 0.227 e. The Morgan fingerprint density at radius 3 is 2.32 bits per heavy atom. The van der Waals surface area contributed by atoms with E-state index in [0.717, 1.165) is 0 Å². The van der Waals surface area contributed by atoms with Crippen molar-refractivity contribution in [2.24, 2.45) is 0 Å². The lowest BCUT2D eigenvalue weighted by atomic mass is 10.2. The second kappa shape index (κ2) is 7.29. The fourth-order valence-corrected chi connectivity index (χ4v) is 3.15. The Morgan fingerprint density at radius 2 is 1.64 bits per heavy atom. The van der Waals surface area contributed by atoms with Crippen molar-refractivity contribution in [1.82, 2.24) is 24.3 Å². The maximum absolute atomic E-state index is 13.8. The molecule has 0 N–H and O–H groups in total. The molecule has 0 saturated carbocycles. The predicted molar refractivity (Wildman–Crippen MR) is 99.5 cm³/mol. The molecule has 10 heteroatoms. The molecular formula is C18H11Cl2F2N5O. The number of hydrogen-bond acceptors (Lipinski definition) is 5. The summed E-state index contributed by atoms with van der Waals surface area (Å²) in [5.41, 5.74) is 1.40. The maximum atomic E-state index is 13.8. The van der Waals surface area contributed by atoms with Crippen LogP contribution in [-0.4, -0.2) is 24.3 Å². The largest absolute Gasteiger partial charge is 0.485 e. The van der Waals surface area contributed by atoms with Crippen LogP contribution in [0.15, 0.2) is 36.5 Å². The highest BCUT2D eigenvalue weighted by Crippen LogP contribution is 2.29. The summed E-state index contributed by atoms with van der Waals surface area (Å²) < 4.78 is 35.0. The molecule has 0 radical (unpaired) electrons. The van der Waals surface area contributed by atoms with Crippen molar-refractivity contribution in [2.75, 3.05) is 0 Å². The van der Waals surface area contributed by atoms with Gasteiger partial charge >= 0.3 is 0 Å². The van der Waals surface area contributed by atoms with Crippen molar-refractivity contribution in [1.29, 1.82) is 0 Å². The summed E-state index contributed by atoms with van der Waals surface area (Å²) in [6.45, 7) is 1.47.